The number of halogens is 1. The van der Waals surface area contributed by atoms with Crippen molar-refractivity contribution in [3.05, 3.63) is 68.9 Å². The summed E-state index contributed by atoms with van der Waals surface area (Å²) in [7, 11) is 0. The van der Waals surface area contributed by atoms with Gasteiger partial charge in [-0.1, -0.05) is 53.3 Å². The molecule has 0 atom stereocenters. The van der Waals surface area contributed by atoms with Crippen LogP contribution in [0.5, 0.6) is 0 Å². The van der Waals surface area contributed by atoms with Crippen LogP contribution in [0.4, 0.5) is 5.82 Å². The summed E-state index contributed by atoms with van der Waals surface area (Å²) >= 11 is 7.21. The van der Waals surface area contributed by atoms with Gasteiger partial charge >= 0.3 is 0 Å². The number of anilines is 1. The van der Waals surface area contributed by atoms with Gasteiger partial charge in [-0.3, -0.25) is 9.59 Å². The van der Waals surface area contributed by atoms with Crippen molar-refractivity contribution in [1.82, 2.24) is 9.38 Å². The van der Waals surface area contributed by atoms with E-state index in [2.05, 4.69) is 10.3 Å². The summed E-state index contributed by atoms with van der Waals surface area (Å²) in [4.78, 5) is 28.4. The van der Waals surface area contributed by atoms with Crippen molar-refractivity contribution in [1.29, 1.82) is 0 Å². The van der Waals surface area contributed by atoms with Gasteiger partial charge in [-0.25, -0.2) is 9.38 Å². The lowest BCUT2D eigenvalue weighted by atomic mass is 10.2. The summed E-state index contributed by atoms with van der Waals surface area (Å²) in [5.74, 6) is -0.135. The number of hydrogen-bond donors (Lipinski definition) is 1. The molecule has 0 bridgehead atoms. The number of thiazole rings is 1. The minimum absolute atomic E-state index is 0.238. The fraction of sp³-hybridized carbons (Fsp3) is 0. The summed E-state index contributed by atoms with van der Waals surface area (Å²) in [5.41, 5.74) is 0.605. The van der Waals surface area contributed by atoms with Crippen LogP contribution >= 0.6 is 22.9 Å². The van der Waals surface area contributed by atoms with Gasteiger partial charge in [-0.2, -0.15) is 0 Å². The van der Waals surface area contributed by atoms with Crippen LogP contribution in [0.1, 0.15) is 5.56 Å². The molecule has 1 amide bonds. The minimum Gasteiger partial charge on any atom is -0.306 e. The molecule has 3 aromatic rings. The number of hydrogen-bond acceptors (Lipinski definition) is 4. The van der Waals surface area contributed by atoms with Crippen LogP contribution < -0.4 is 10.9 Å². The third-order valence-corrected chi connectivity index (χ3v) is 4.13. The van der Waals surface area contributed by atoms with Gasteiger partial charge in [-0.15, -0.1) is 0 Å². The Labute approximate surface area is 134 Å². The first-order valence-electron chi connectivity index (χ1n) is 6.35. The highest BCUT2D eigenvalue weighted by Crippen LogP contribution is 2.30. The van der Waals surface area contributed by atoms with Crippen LogP contribution in [-0.4, -0.2) is 15.3 Å². The van der Waals surface area contributed by atoms with E-state index in [0.717, 1.165) is 16.9 Å². The standard InChI is InChI=1S/C15H10ClN3O2S/c16-13-14(19-12(21)8-9-17-15(19)22-13)18-11(20)7-6-10-4-2-1-3-5-10/h1-9H,(H,18,20)/b7-6+. The number of aromatic nitrogens is 2. The van der Waals surface area contributed by atoms with E-state index >= 15 is 0 Å². The molecule has 110 valence electrons. The van der Waals surface area contributed by atoms with Crippen molar-refractivity contribution < 1.29 is 4.79 Å². The second-order valence-electron chi connectivity index (χ2n) is 4.36. The maximum Gasteiger partial charge on any atom is 0.260 e. The van der Waals surface area contributed by atoms with E-state index in [1.807, 2.05) is 30.3 Å². The van der Waals surface area contributed by atoms with Crippen molar-refractivity contribution in [3.63, 3.8) is 0 Å². The van der Waals surface area contributed by atoms with Crippen LogP contribution in [0, 0.1) is 0 Å². The molecule has 0 aliphatic carbocycles. The largest absolute Gasteiger partial charge is 0.306 e. The van der Waals surface area contributed by atoms with Gasteiger partial charge in [-0.05, 0) is 11.6 Å². The number of fused-ring (bicyclic) bond motifs is 1. The Bertz CT molecular complexity index is 915. The average molecular weight is 332 g/mol. The number of nitrogens with zero attached hydrogens (tertiary/aromatic N) is 2. The van der Waals surface area contributed by atoms with Crippen molar-refractivity contribution in [3.8, 4) is 0 Å². The third-order valence-electron chi connectivity index (χ3n) is 2.87. The predicted octanol–water partition coefficient (Wildman–Crippen LogP) is 3.06. The molecule has 2 heterocycles. The first-order chi connectivity index (χ1) is 10.6. The summed E-state index contributed by atoms with van der Waals surface area (Å²) in [6.07, 6.45) is 4.47. The maximum absolute atomic E-state index is 12.0. The molecule has 1 aromatic carbocycles. The molecule has 3 rings (SSSR count). The van der Waals surface area contributed by atoms with Gasteiger partial charge in [0.15, 0.2) is 10.8 Å². The quantitative estimate of drug-likeness (QED) is 0.750. The average Bonchev–Trinajstić information content (AvgIpc) is 2.83. The molecule has 0 unspecified atom stereocenters. The van der Waals surface area contributed by atoms with Crippen molar-refractivity contribution in [2.75, 3.05) is 5.32 Å². The topological polar surface area (TPSA) is 63.5 Å². The molecular formula is C15H10ClN3O2S. The smallest absolute Gasteiger partial charge is 0.260 e. The van der Waals surface area contributed by atoms with Crippen LogP contribution in [-0.2, 0) is 4.79 Å². The Morgan fingerprint density at radius 2 is 2.05 bits per heavy atom. The zero-order valence-corrected chi connectivity index (χ0v) is 12.8. The zero-order chi connectivity index (χ0) is 15.5. The summed E-state index contributed by atoms with van der Waals surface area (Å²) in [5, 5.41) is 2.62. The molecular weight excluding hydrogens is 322 g/mol. The van der Waals surface area contributed by atoms with E-state index in [1.54, 1.807) is 6.08 Å². The van der Waals surface area contributed by atoms with E-state index in [4.69, 9.17) is 11.6 Å². The molecule has 7 heteroatoms. The number of carbonyl (C=O) groups excluding carboxylic acids is 1. The third kappa shape index (κ3) is 2.93. The normalized spacial score (nSPS) is 11.1. The molecule has 0 aliphatic rings. The van der Waals surface area contributed by atoms with E-state index < -0.39 is 0 Å². The molecule has 2 aromatic heterocycles. The number of rotatable bonds is 3. The van der Waals surface area contributed by atoms with E-state index in [-0.39, 0.29) is 17.3 Å². The van der Waals surface area contributed by atoms with Crippen LogP contribution in [0.2, 0.25) is 4.34 Å². The number of nitrogens with one attached hydrogen (secondary N) is 1. The van der Waals surface area contributed by atoms with Gasteiger partial charge in [0.05, 0.1) is 0 Å². The first-order valence-corrected chi connectivity index (χ1v) is 7.55. The van der Waals surface area contributed by atoms with Gasteiger partial charge < -0.3 is 5.32 Å². The van der Waals surface area contributed by atoms with Gasteiger partial charge in [0.25, 0.3) is 5.56 Å². The van der Waals surface area contributed by atoms with E-state index in [9.17, 15) is 9.59 Å². The molecule has 5 nitrogen and oxygen atoms in total. The van der Waals surface area contributed by atoms with Gasteiger partial charge in [0.2, 0.25) is 5.91 Å². The summed E-state index contributed by atoms with van der Waals surface area (Å²) in [6, 6.07) is 10.7. The fourth-order valence-electron chi connectivity index (χ4n) is 1.89. The SMILES string of the molecule is O=C(/C=C/c1ccccc1)Nc1c(Cl)sc2nccc(=O)n12. The summed E-state index contributed by atoms with van der Waals surface area (Å²) < 4.78 is 1.58. The van der Waals surface area contributed by atoms with Crippen molar-refractivity contribution in [2.45, 2.75) is 0 Å². The minimum atomic E-state index is -0.374. The molecule has 22 heavy (non-hydrogen) atoms. The number of benzene rings is 1. The van der Waals surface area contributed by atoms with Crippen molar-refractivity contribution in [2.24, 2.45) is 0 Å². The van der Waals surface area contributed by atoms with Crippen molar-refractivity contribution >= 4 is 45.7 Å². The Morgan fingerprint density at radius 1 is 1.27 bits per heavy atom. The van der Waals surface area contributed by atoms with E-state index in [0.29, 0.717) is 9.30 Å². The second kappa shape index (κ2) is 6.13. The van der Waals surface area contributed by atoms with Crippen LogP contribution in [0.3, 0.4) is 0 Å². The Balaban J connectivity index is 1.87. The lowest BCUT2D eigenvalue weighted by molar-refractivity contribution is -0.111. The van der Waals surface area contributed by atoms with Gasteiger partial charge in [0.1, 0.15) is 4.34 Å². The highest BCUT2D eigenvalue weighted by Gasteiger charge is 2.14. The van der Waals surface area contributed by atoms with E-state index in [1.165, 1.54) is 22.7 Å². The highest BCUT2D eigenvalue weighted by atomic mass is 35.5. The second-order valence-corrected chi connectivity index (χ2v) is 5.94. The predicted molar refractivity (Wildman–Crippen MR) is 88.5 cm³/mol. The number of amides is 1. The van der Waals surface area contributed by atoms with Crippen LogP contribution in [0.15, 0.2) is 53.5 Å². The molecule has 0 fully saturated rings. The van der Waals surface area contributed by atoms with Gasteiger partial charge in [0, 0.05) is 18.3 Å². The molecule has 0 spiro atoms. The highest BCUT2D eigenvalue weighted by molar-refractivity contribution is 7.21. The molecule has 1 N–H and O–H groups in total. The maximum atomic E-state index is 12.0. The lowest BCUT2D eigenvalue weighted by Crippen LogP contribution is -2.17. The number of carbonyl (C=O) groups is 1. The Kier molecular flexibility index (Phi) is 4.04. The zero-order valence-electron chi connectivity index (χ0n) is 11.2. The monoisotopic (exact) mass is 331 g/mol. The van der Waals surface area contributed by atoms with Crippen LogP contribution in [0.25, 0.3) is 11.0 Å². The Hall–Kier alpha value is -2.44. The molecule has 0 saturated heterocycles. The summed E-state index contributed by atoms with van der Waals surface area (Å²) in [6.45, 7) is 0. The Morgan fingerprint density at radius 3 is 2.82 bits per heavy atom. The fourth-order valence-corrected chi connectivity index (χ4v) is 3.01. The first kappa shape index (κ1) is 14.5. The molecule has 0 aliphatic heterocycles. The molecule has 0 radical (unpaired) electrons. The lowest BCUT2D eigenvalue weighted by Gasteiger charge is -2.02. The molecule has 0 saturated carbocycles.